The molecule has 0 saturated carbocycles. The zero-order valence-corrected chi connectivity index (χ0v) is 17.3. The van der Waals surface area contributed by atoms with Crippen LogP contribution >= 0.6 is 11.6 Å². The second kappa shape index (κ2) is 8.59. The first-order valence-corrected chi connectivity index (χ1v) is 10.6. The number of sulfone groups is 1. The molecule has 1 N–H and O–H groups in total. The van der Waals surface area contributed by atoms with E-state index < -0.39 is 20.9 Å². The molecule has 0 atom stereocenters. The lowest BCUT2D eigenvalue weighted by Gasteiger charge is -2.11. The first kappa shape index (κ1) is 20.8. The minimum Gasteiger partial charge on any atom is -0.495 e. The van der Waals surface area contributed by atoms with E-state index in [1.54, 1.807) is 36.4 Å². The number of rotatable bonds is 6. The van der Waals surface area contributed by atoms with Gasteiger partial charge in [-0.05, 0) is 30.2 Å². The lowest BCUT2D eigenvalue weighted by atomic mass is 10.1. The standard InChI is InChI=1S/C20H18ClN3O4S/c1-13-7-3-4-8-14(13)12-29(26,27)20-22-11-15(21)18(24-20)19(25)23-16-9-5-6-10-17(16)28-2/h3-11H,12H2,1-2H3,(H,23,25). The maximum Gasteiger partial charge on any atom is 0.276 e. The first-order chi connectivity index (χ1) is 13.8. The summed E-state index contributed by atoms with van der Waals surface area (Å²) in [6, 6.07) is 13.9. The fourth-order valence-electron chi connectivity index (χ4n) is 2.63. The van der Waals surface area contributed by atoms with Gasteiger partial charge in [0.1, 0.15) is 5.75 Å². The molecule has 1 aromatic heterocycles. The van der Waals surface area contributed by atoms with Crippen LogP contribution < -0.4 is 10.1 Å². The van der Waals surface area contributed by atoms with E-state index in [1.165, 1.54) is 7.11 Å². The van der Waals surface area contributed by atoms with Gasteiger partial charge < -0.3 is 10.1 Å². The Kier molecular flexibility index (Phi) is 6.14. The molecule has 0 spiro atoms. The van der Waals surface area contributed by atoms with Gasteiger partial charge in [-0.15, -0.1) is 0 Å². The van der Waals surface area contributed by atoms with Crippen molar-refractivity contribution in [2.45, 2.75) is 17.8 Å². The third-order valence-electron chi connectivity index (χ3n) is 4.18. The largest absolute Gasteiger partial charge is 0.495 e. The molecule has 0 fully saturated rings. The van der Waals surface area contributed by atoms with E-state index >= 15 is 0 Å². The molecule has 0 bridgehead atoms. The predicted octanol–water partition coefficient (Wildman–Crippen LogP) is 3.67. The lowest BCUT2D eigenvalue weighted by Crippen LogP contribution is -2.18. The van der Waals surface area contributed by atoms with E-state index in [9.17, 15) is 13.2 Å². The summed E-state index contributed by atoms with van der Waals surface area (Å²) in [5, 5.41) is 2.10. The summed E-state index contributed by atoms with van der Waals surface area (Å²) in [5.41, 5.74) is 1.63. The summed E-state index contributed by atoms with van der Waals surface area (Å²) >= 11 is 6.05. The highest BCUT2D eigenvalue weighted by Gasteiger charge is 2.24. The lowest BCUT2D eigenvalue weighted by molar-refractivity contribution is 0.102. The van der Waals surface area contributed by atoms with Crippen LogP contribution in [0.3, 0.4) is 0 Å². The minimum absolute atomic E-state index is 0.0627. The van der Waals surface area contributed by atoms with Gasteiger partial charge in [0.15, 0.2) is 5.69 Å². The Morgan fingerprint density at radius 3 is 2.55 bits per heavy atom. The Balaban J connectivity index is 1.91. The van der Waals surface area contributed by atoms with E-state index in [0.717, 1.165) is 11.8 Å². The molecular weight excluding hydrogens is 414 g/mol. The van der Waals surface area contributed by atoms with Crippen LogP contribution in [0.1, 0.15) is 21.6 Å². The number of halogens is 1. The summed E-state index contributed by atoms with van der Waals surface area (Å²) in [4.78, 5) is 20.4. The molecule has 0 aliphatic carbocycles. The van der Waals surface area contributed by atoms with E-state index in [0.29, 0.717) is 17.0 Å². The molecule has 2 aromatic carbocycles. The molecule has 3 aromatic rings. The first-order valence-electron chi connectivity index (χ1n) is 8.56. The zero-order chi connectivity index (χ0) is 21.0. The average molecular weight is 432 g/mol. The normalized spacial score (nSPS) is 11.1. The third-order valence-corrected chi connectivity index (χ3v) is 5.90. The maximum absolute atomic E-state index is 12.8. The predicted molar refractivity (Wildman–Crippen MR) is 110 cm³/mol. The monoisotopic (exact) mass is 431 g/mol. The van der Waals surface area contributed by atoms with Gasteiger partial charge in [0.2, 0.25) is 15.0 Å². The Labute approximate surface area is 173 Å². The molecule has 0 radical (unpaired) electrons. The molecule has 0 aliphatic heterocycles. The number of anilines is 1. The van der Waals surface area contributed by atoms with E-state index in [1.807, 2.05) is 19.1 Å². The molecule has 3 rings (SSSR count). The molecule has 0 unspecified atom stereocenters. The quantitative estimate of drug-likeness (QED) is 0.598. The number of para-hydroxylation sites is 2. The van der Waals surface area contributed by atoms with Crippen LogP contribution in [-0.2, 0) is 15.6 Å². The van der Waals surface area contributed by atoms with Crippen molar-refractivity contribution in [2.24, 2.45) is 0 Å². The summed E-state index contributed by atoms with van der Waals surface area (Å²) in [5.74, 6) is -0.512. The van der Waals surface area contributed by atoms with Crippen LogP contribution in [0.2, 0.25) is 5.02 Å². The van der Waals surface area contributed by atoms with Gasteiger partial charge in [-0.25, -0.2) is 18.4 Å². The fraction of sp³-hybridized carbons (Fsp3) is 0.150. The van der Waals surface area contributed by atoms with Crippen LogP contribution in [0.5, 0.6) is 5.75 Å². The van der Waals surface area contributed by atoms with Crippen LogP contribution in [0.4, 0.5) is 5.69 Å². The molecule has 150 valence electrons. The van der Waals surface area contributed by atoms with E-state index in [4.69, 9.17) is 16.3 Å². The second-order valence-corrected chi connectivity index (χ2v) is 8.48. The van der Waals surface area contributed by atoms with Crippen LogP contribution in [-0.4, -0.2) is 31.4 Å². The van der Waals surface area contributed by atoms with Crippen LogP contribution in [0.25, 0.3) is 0 Å². The van der Waals surface area contributed by atoms with Crippen molar-refractivity contribution in [3.05, 3.63) is 76.6 Å². The number of nitrogens with zero attached hydrogens (tertiary/aromatic N) is 2. The molecule has 29 heavy (non-hydrogen) atoms. The van der Waals surface area contributed by atoms with E-state index in [2.05, 4.69) is 15.3 Å². The van der Waals surface area contributed by atoms with Crippen molar-refractivity contribution in [3.8, 4) is 5.75 Å². The average Bonchev–Trinajstić information content (AvgIpc) is 2.70. The number of hydrogen-bond acceptors (Lipinski definition) is 6. The number of ether oxygens (including phenoxy) is 1. The number of carbonyl (C=O) groups is 1. The Morgan fingerprint density at radius 2 is 1.83 bits per heavy atom. The van der Waals surface area contributed by atoms with Crippen LogP contribution in [0, 0.1) is 6.92 Å². The Hall–Kier alpha value is -2.97. The number of amides is 1. The van der Waals surface area contributed by atoms with Crippen molar-refractivity contribution in [2.75, 3.05) is 12.4 Å². The third kappa shape index (κ3) is 4.72. The summed E-state index contributed by atoms with van der Waals surface area (Å²) in [7, 11) is -2.41. The minimum atomic E-state index is -3.88. The molecule has 1 amide bonds. The topological polar surface area (TPSA) is 98.2 Å². The number of methoxy groups -OCH3 is 1. The summed E-state index contributed by atoms with van der Waals surface area (Å²) in [6.45, 7) is 1.82. The summed E-state index contributed by atoms with van der Waals surface area (Å²) in [6.07, 6.45) is 1.11. The van der Waals surface area contributed by atoms with Gasteiger partial charge in [0.05, 0.1) is 29.8 Å². The smallest absolute Gasteiger partial charge is 0.276 e. The molecular formula is C20H18ClN3O4S. The van der Waals surface area contributed by atoms with Gasteiger partial charge in [-0.3, -0.25) is 4.79 Å². The molecule has 0 aliphatic rings. The number of carbonyl (C=O) groups excluding carboxylic acids is 1. The number of aryl methyl sites for hydroxylation is 1. The van der Waals surface area contributed by atoms with Gasteiger partial charge in [0.25, 0.3) is 5.91 Å². The molecule has 7 nitrogen and oxygen atoms in total. The van der Waals surface area contributed by atoms with Crippen LogP contribution in [0.15, 0.2) is 59.9 Å². The highest BCUT2D eigenvalue weighted by atomic mass is 35.5. The fourth-order valence-corrected chi connectivity index (χ4v) is 4.11. The van der Waals surface area contributed by atoms with Crippen molar-refractivity contribution in [1.29, 1.82) is 0 Å². The number of aromatic nitrogens is 2. The van der Waals surface area contributed by atoms with Gasteiger partial charge in [0, 0.05) is 0 Å². The molecule has 9 heteroatoms. The number of hydrogen-bond donors (Lipinski definition) is 1. The number of benzene rings is 2. The highest BCUT2D eigenvalue weighted by molar-refractivity contribution is 7.90. The van der Waals surface area contributed by atoms with Crippen molar-refractivity contribution >= 4 is 33.0 Å². The van der Waals surface area contributed by atoms with Crippen molar-refractivity contribution in [3.63, 3.8) is 0 Å². The number of nitrogens with one attached hydrogen (secondary N) is 1. The van der Waals surface area contributed by atoms with Crippen molar-refractivity contribution in [1.82, 2.24) is 9.97 Å². The molecule has 0 saturated heterocycles. The van der Waals surface area contributed by atoms with Gasteiger partial charge in [-0.1, -0.05) is 48.0 Å². The SMILES string of the molecule is COc1ccccc1NC(=O)c1nc(S(=O)(=O)Cc2ccccc2C)ncc1Cl. The van der Waals surface area contributed by atoms with Gasteiger partial charge in [-0.2, -0.15) is 0 Å². The zero-order valence-electron chi connectivity index (χ0n) is 15.7. The Morgan fingerprint density at radius 1 is 1.14 bits per heavy atom. The maximum atomic E-state index is 12.8. The van der Waals surface area contributed by atoms with Crippen molar-refractivity contribution < 1.29 is 17.9 Å². The molecule has 1 heterocycles. The summed E-state index contributed by atoms with van der Waals surface area (Å²) < 4.78 is 30.7. The second-order valence-electron chi connectivity index (χ2n) is 6.19. The van der Waals surface area contributed by atoms with Gasteiger partial charge >= 0.3 is 0 Å². The Bertz CT molecular complexity index is 1170. The highest BCUT2D eigenvalue weighted by Crippen LogP contribution is 2.25. The van der Waals surface area contributed by atoms with E-state index in [-0.39, 0.29) is 16.5 Å².